The highest BCUT2D eigenvalue weighted by atomic mass is 32.2. The van der Waals surface area contributed by atoms with Gasteiger partial charge in [0, 0.05) is 42.1 Å². The van der Waals surface area contributed by atoms with Gasteiger partial charge in [-0.25, -0.2) is 4.98 Å². The van der Waals surface area contributed by atoms with Crippen LogP contribution in [0.3, 0.4) is 0 Å². The predicted octanol–water partition coefficient (Wildman–Crippen LogP) is 4.70. The van der Waals surface area contributed by atoms with Crippen molar-refractivity contribution in [1.29, 1.82) is 0 Å². The molecule has 1 saturated heterocycles. The van der Waals surface area contributed by atoms with Crippen LogP contribution in [0.1, 0.15) is 34.8 Å². The second-order valence-electron chi connectivity index (χ2n) is 7.48. The molecule has 0 atom stereocenters. The number of para-hydroxylation sites is 1. The third-order valence-corrected chi connectivity index (χ3v) is 7.30. The number of pyridine rings is 1. The highest BCUT2D eigenvalue weighted by molar-refractivity contribution is 7.98. The van der Waals surface area contributed by atoms with E-state index in [1.807, 2.05) is 57.3 Å². The first-order chi connectivity index (χ1) is 15.8. The average molecular weight is 463 g/mol. The highest BCUT2D eigenvalue weighted by Gasteiger charge is 2.21. The van der Waals surface area contributed by atoms with Crippen LogP contribution in [0.5, 0.6) is 0 Å². The van der Waals surface area contributed by atoms with Crippen LogP contribution in [0, 0.1) is 0 Å². The second-order valence-corrected chi connectivity index (χ2v) is 9.37. The zero-order valence-corrected chi connectivity index (χ0v) is 19.1. The Morgan fingerprint density at radius 3 is 2.56 bits per heavy atom. The number of piperidine rings is 1. The van der Waals surface area contributed by atoms with Crippen LogP contribution in [0.2, 0.25) is 0 Å². The normalized spacial score (nSPS) is 13.9. The molecule has 1 fully saturated rings. The lowest BCUT2D eigenvalue weighted by Crippen LogP contribution is -2.35. The quantitative estimate of drug-likeness (QED) is 0.387. The predicted molar refractivity (Wildman–Crippen MR) is 126 cm³/mol. The number of hydrogen-bond acceptors (Lipinski definition) is 7. The fraction of sp³-hybridized carbons (Fsp3) is 0.261. The number of carbonyl (C=O) groups excluding carboxylic acids is 1. The summed E-state index contributed by atoms with van der Waals surface area (Å²) < 4.78 is 2.05. The number of nitrogens with zero attached hydrogens (tertiary/aromatic N) is 6. The zero-order chi connectivity index (χ0) is 21.8. The molecule has 0 radical (unpaired) electrons. The van der Waals surface area contributed by atoms with Crippen molar-refractivity contribution in [2.24, 2.45) is 0 Å². The Morgan fingerprint density at radius 1 is 1.00 bits per heavy atom. The SMILES string of the molecule is O=C(c1csc(CSc2nnc(-c3ccncc3)n2-c2ccccc2)n1)N1CCCCC1. The molecule has 0 unspecified atom stereocenters. The van der Waals surface area contributed by atoms with E-state index in [-0.39, 0.29) is 5.91 Å². The number of carbonyl (C=O) groups is 1. The van der Waals surface area contributed by atoms with Gasteiger partial charge in [0.1, 0.15) is 10.7 Å². The number of aromatic nitrogens is 5. The van der Waals surface area contributed by atoms with Crippen molar-refractivity contribution in [3.63, 3.8) is 0 Å². The van der Waals surface area contributed by atoms with Gasteiger partial charge in [0.2, 0.25) is 0 Å². The van der Waals surface area contributed by atoms with E-state index in [4.69, 9.17) is 0 Å². The Balaban J connectivity index is 1.37. The van der Waals surface area contributed by atoms with Crippen LogP contribution in [0.15, 0.2) is 65.4 Å². The van der Waals surface area contributed by atoms with Gasteiger partial charge < -0.3 is 4.90 Å². The highest BCUT2D eigenvalue weighted by Crippen LogP contribution is 2.30. The lowest BCUT2D eigenvalue weighted by molar-refractivity contribution is 0.0719. The fourth-order valence-corrected chi connectivity index (χ4v) is 5.46. The standard InChI is InChI=1S/C23H22N6OS2/c30-22(28-13-5-2-6-14-28)19-15-31-20(25-19)16-32-23-27-26-21(17-9-11-24-12-10-17)29(23)18-7-3-1-4-8-18/h1,3-4,7-12,15H,2,5-6,13-14,16H2. The van der Waals surface area contributed by atoms with Gasteiger partial charge in [0.25, 0.3) is 5.91 Å². The molecule has 3 aromatic heterocycles. The van der Waals surface area contributed by atoms with Crippen molar-refractivity contribution in [1.82, 2.24) is 29.6 Å². The largest absolute Gasteiger partial charge is 0.337 e. The van der Waals surface area contributed by atoms with Crippen LogP contribution in [0.25, 0.3) is 17.1 Å². The molecule has 0 N–H and O–H groups in total. The molecule has 9 heteroatoms. The van der Waals surface area contributed by atoms with Crippen molar-refractivity contribution in [3.8, 4) is 17.1 Å². The summed E-state index contributed by atoms with van der Waals surface area (Å²) in [6.45, 7) is 1.66. The monoisotopic (exact) mass is 462 g/mol. The molecule has 4 heterocycles. The van der Waals surface area contributed by atoms with Gasteiger partial charge in [-0.3, -0.25) is 14.3 Å². The van der Waals surface area contributed by atoms with Crippen LogP contribution in [0.4, 0.5) is 0 Å². The van der Waals surface area contributed by atoms with Crippen molar-refractivity contribution in [3.05, 3.63) is 70.9 Å². The maximum Gasteiger partial charge on any atom is 0.273 e. The Kier molecular flexibility index (Phi) is 6.27. The van der Waals surface area contributed by atoms with Gasteiger partial charge in [0.05, 0.1) is 5.75 Å². The summed E-state index contributed by atoms with van der Waals surface area (Å²) in [6, 6.07) is 13.9. The van der Waals surface area contributed by atoms with Gasteiger partial charge in [-0.2, -0.15) is 0 Å². The molecule has 0 aliphatic carbocycles. The number of thioether (sulfide) groups is 1. The van der Waals surface area contributed by atoms with Crippen molar-refractivity contribution in [2.45, 2.75) is 30.2 Å². The lowest BCUT2D eigenvalue weighted by atomic mass is 10.1. The Hall–Kier alpha value is -3.04. The Labute approximate surface area is 194 Å². The summed E-state index contributed by atoms with van der Waals surface area (Å²) in [5.41, 5.74) is 2.49. The first kappa shape index (κ1) is 20.8. The maximum absolute atomic E-state index is 12.7. The molecule has 7 nitrogen and oxygen atoms in total. The lowest BCUT2D eigenvalue weighted by Gasteiger charge is -2.25. The molecule has 162 valence electrons. The van der Waals surface area contributed by atoms with E-state index in [9.17, 15) is 4.79 Å². The van der Waals surface area contributed by atoms with E-state index in [0.29, 0.717) is 11.4 Å². The molecular weight excluding hydrogens is 440 g/mol. The molecule has 1 amide bonds. The summed E-state index contributed by atoms with van der Waals surface area (Å²) in [7, 11) is 0. The first-order valence-corrected chi connectivity index (χ1v) is 12.4. The maximum atomic E-state index is 12.7. The molecule has 1 aromatic carbocycles. The van der Waals surface area contributed by atoms with Crippen molar-refractivity contribution < 1.29 is 4.79 Å². The summed E-state index contributed by atoms with van der Waals surface area (Å²) >= 11 is 3.09. The molecule has 1 aliphatic heterocycles. The minimum Gasteiger partial charge on any atom is -0.337 e. The number of hydrogen-bond donors (Lipinski definition) is 0. The summed E-state index contributed by atoms with van der Waals surface area (Å²) in [6.07, 6.45) is 6.86. The first-order valence-electron chi connectivity index (χ1n) is 10.6. The van der Waals surface area contributed by atoms with E-state index in [1.54, 1.807) is 24.2 Å². The van der Waals surface area contributed by atoms with Gasteiger partial charge >= 0.3 is 0 Å². The molecule has 4 aromatic rings. The number of rotatable bonds is 6. The van der Waals surface area contributed by atoms with E-state index in [1.165, 1.54) is 17.8 Å². The topological polar surface area (TPSA) is 76.8 Å². The van der Waals surface area contributed by atoms with Gasteiger partial charge in [-0.05, 0) is 43.5 Å². The smallest absolute Gasteiger partial charge is 0.273 e. The van der Waals surface area contributed by atoms with E-state index < -0.39 is 0 Å². The third kappa shape index (κ3) is 4.44. The van der Waals surface area contributed by atoms with Crippen molar-refractivity contribution in [2.75, 3.05) is 13.1 Å². The molecule has 0 saturated carbocycles. The van der Waals surface area contributed by atoms with Gasteiger partial charge in [-0.15, -0.1) is 21.5 Å². The molecule has 5 rings (SSSR count). The van der Waals surface area contributed by atoms with Crippen LogP contribution in [-0.2, 0) is 5.75 Å². The number of likely N-dealkylation sites (tertiary alicyclic amines) is 1. The average Bonchev–Trinajstić information content (AvgIpc) is 3.51. The van der Waals surface area contributed by atoms with Gasteiger partial charge in [0.15, 0.2) is 11.0 Å². The summed E-state index contributed by atoms with van der Waals surface area (Å²) in [5, 5.41) is 12.5. The molecule has 1 aliphatic rings. The van der Waals surface area contributed by atoms with E-state index >= 15 is 0 Å². The van der Waals surface area contributed by atoms with Gasteiger partial charge in [-0.1, -0.05) is 30.0 Å². The minimum atomic E-state index is 0.0459. The minimum absolute atomic E-state index is 0.0459. The molecule has 0 bridgehead atoms. The zero-order valence-electron chi connectivity index (χ0n) is 17.4. The molecule has 32 heavy (non-hydrogen) atoms. The number of amides is 1. The summed E-state index contributed by atoms with van der Waals surface area (Å²) in [4.78, 5) is 23.4. The van der Waals surface area contributed by atoms with E-state index in [2.05, 4.69) is 20.2 Å². The molecular formula is C23H22N6OS2. The second kappa shape index (κ2) is 9.62. The number of benzene rings is 1. The van der Waals surface area contributed by atoms with Crippen LogP contribution in [-0.4, -0.2) is 48.6 Å². The summed E-state index contributed by atoms with van der Waals surface area (Å²) in [5.74, 6) is 1.44. The van der Waals surface area contributed by atoms with Crippen LogP contribution >= 0.6 is 23.1 Å². The Bertz CT molecular complexity index is 1190. The van der Waals surface area contributed by atoms with Crippen molar-refractivity contribution >= 4 is 29.0 Å². The number of thiazole rings is 1. The fourth-order valence-electron chi connectivity index (χ4n) is 3.72. The van der Waals surface area contributed by atoms with E-state index in [0.717, 1.165) is 53.2 Å². The third-order valence-electron chi connectivity index (χ3n) is 5.33. The molecule has 0 spiro atoms. The Morgan fingerprint density at radius 2 is 1.78 bits per heavy atom. The van der Waals surface area contributed by atoms with Crippen LogP contribution < -0.4 is 0 Å².